The van der Waals surface area contributed by atoms with Crippen LogP contribution in [-0.4, -0.2) is 10.2 Å². The lowest BCUT2D eigenvalue weighted by atomic mass is 10.1. The molecule has 1 aliphatic heterocycles. The molecule has 4 nitrogen and oxygen atoms in total. The summed E-state index contributed by atoms with van der Waals surface area (Å²) in [6, 6.07) is 34.8. The van der Waals surface area contributed by atoms with Crippen molar-refractivity contribution in [1.82, 2.24) is 10.2 Å². The van der Waals surface area contributed by atoms with E-state index in [9.17, 15) is 0 Å². The molecule has 0 aliphatic carbocycles. The molecule has 31 heavy (non-hydrogen) atoms. The molecule has 1 aliphatic rings. The molecule has 1 aromatic heterocycles. The highest BCUT2D eigenvalue weighted by Crippen LogP contribution is 2.50. The molecule has 0 unspecified atom stereocenters. The van der Waals surface area contributed by atoms with Crippen LogP contribution in [0.5, 0.6) is 11.5 Å². The summed E-state index contributed by atoms with van der Waals surface area (Å²) in [5.41, 5.74) is 5.26. The average Bonchev–Trinajstić information content (AvgIpc) is 3.34. The van der Waals surface area contributed by atoms with E-state index < -0.39 is 0 Å². The first-order valence-electron chi connectivity index (χ1n) is 10.0. The van der Waals surface area contributed by atoms with Gasteiger partial charge in [0.1, 0.15) is 10.0 Å². The van der Waals surface area contributed by atoms with Crippen LogP contribution in [0.2, 0.25) is 0 Å². The number of aromatic nitrogens is 2. The first-order chi connectivity index (χ1) is 15.4. The Kier molecular flexibility index (Phi) is 4.25. The molecule has 148 valence electrons. The lowest BCUT2D eigenvalue weighted by Gasteiger charge is -2.32. The maximum atomic E-state index is 6.11. The fourth-order valence-corrected chi connectivity index (χ4v) is 4.63. The standard InChI is InChI=1S/C26H17N3OS/c1-2-8-18(9-3-1)25-27-28-26(31-25)19-14-16-20(17-15-19)29-21-10-4-6-12-23(21)30-24-13-7-5-11-22(24)29/h1-17H. The maximum absolute atomic E-state index is 6.11. The monoisotopic (exact) mass is 419 g/mol. The molecule has 0 atom stereocenters. The molecule has 5 heteroatoms. The van der Waals surface area contributed by atoms with E-state index in [-0.39, 0.29) is 0 Å². The fourth-order valence-electron chi connectivity index (χ4n) is 3.77. The molecule has 0 amide bonds. The zero-order valence-corrected chi connectivity index (χ0v) is 17.3. The molecule has 5 aromatic rings. The van der Waals surface area contributed by atoms with Gasteiger partial charge in [0.2, 0.25) is 0 Å². The second-order valence-corrected chi connectivity index (χ2v) is 8.18. The summed E-state index contributed by atoms with van der Waals surface area (Å²) in [6.45, 7) is 0. The Labute approximate surface area is 184 Å². The van der Waals surface area contributed by atoms with Crippen molar-refractivity contribution in [2.45, 2.75) is 0 Å². The van der Waals surface area contributed by atoms with Crippen LogP contribution in [0.25, 0.3) is 21.1 Å². The number of anilines is 3. The first kappa shape index (κ1) is 17.9. The molecule has 4 aromatic carbocycles. The first-order valence-corrected chi connectivity index (χ1v) is 10.8. The predicted octanol–water partition coefficient (Wildman–Crippen LogP) is 7.45. The highest BCUT2D eigenvalue weighted by Gasteiger charge is 2.25. The SMILES string of the molecule is c1ccc(-c2nnc(-c3ccc(N4c5ccccc5Oc5ccccc54)cc3)s2)cc1. The minimum absolute atomic E-state index is 0.849. The van der Waals surface area contributed by atoms with E-state index in [2.05, 4.69) is 63.6 Å². The van der Waals surface area contributed by atoms with Gasteiger partial charge in [-0.2, -0.15) is 0 Å². The van der Waals surface area contributed by atoms with Gasteiger partial charge in [0, 0.05) is 16.8 Å². The minimum Gasteiger partial charge on any atom is -0.453 e. The third kappa shape index (κ3) is 3.16. The number of nitrogens with zero attached hydrogens (tertiary/aromatic N) is 3. The number of para-hydroxylation sites is 4. The fraction of sp³-hybridized carbons (Fsp3) is 0. The van der Waals surface area contributed by atoms with Gasteiger partial charge in [-0.15, -0.1) is 10.2 Å². The topological polar surface area (TPSA) is 38.2 Å². The van der Waals surface area contributed by atoms with Crippen molar-refractivity contribution in [3.63, 3.8) is 0 Å². The van der Waals surface area contributed by atoms with Gasteiger partial charge < -0.3 is 9.64 Å². The molecule has 0 spiro atoms. The minimum atomic E-state index is 0.849. The van der Waals surface area contributed by atoms with Crippen LogP contribution in [0.4, 0.5) is 17.1 Å². The maximum Gasteiger partial charge on any atom is 0.151 e. The summed E-state index contributed by atoms with van der Waals surface area (Å²) in [5, 5.41) is 10.6. The largest absolute Gasteiger partial charge is 0.453 e. The van der Waals surface area contributed by atoms with E-state index in [1.165, 1.54) is 0 Å². The molecular formula is C26H17N3OS. The van der Waals surface area contributed by atoms with Crippen molar-refractivity contribution in [2.75, 3.05) is 4.90 Å². The Balaban J connectivity index is 1.37. The quantitative estimate of drug-likeness (QED) is 0.299. The molecule has 0 fully saturated rings. The van der Waals surface area contributed by atoms with Crippen molar-refractivity contribution in [1.29, 1.82) is 0 Å². The van der Waals surface area contributed by atoms with E-state index in [1.807, 2.05) is 54.6 Å². The van der Waals surface area contributed by atoms with E-state index >= 15 is 0 Å². The molecule has 0 saturated carbocycles. The smallest absolute Gasteiger partial charge is 0.151 e. The van der Waals surface area contributed by atoms with E-state index in [4.69, 9.17) is 4.74 Å². The lowest BCUT2D eigenvalue weighted by molar-refractivity contribution is 0.477. The molecule has 6 rings (SSSR count). The van der Waals surface area contributed by atoms with Crippen molar-refractivity contribution in [2.24, 2.45) is 0 Å². The highest BCUT2D eigenvalue weighted by atomic mass is 32.1. The third-order valence-corrected chi connectivity index (χ3v) is 6.27. The highest BCUT2D eigenvalue weighted by molar-refractivity contribution is 7.17. The number of hydrogen-bond acceptors (Lipinski definition) is 5. The van der Waals surface area contributed by atoms with Gasteiger partial charge in [0.25, 0.3) is 0 Å². The molecule has 0 radical (unpaired) electrons. The van der Waals surface area contributed by atoms with Crippen molar-refractivity contribution in [3.8, 4) is 32.6 Å². The van der Waals surface area contributed by atoms with Crippen molar-refractivity contribution in [3.05, 3.63) is 103 Å². The third-order valence-electron chi connectivity index (χ3n) is 5.25. The number of fused-ring (bicyclic) bond motifs is 2. The van der Waals surface area contributed by atoms with E-state index in [0.717, 1.165) is 49.7 Å². The summed E-state index contributed by atoms with van der Waals surface area (Å²) in [7, 11) is 0. The average molecular weight is 420 g/mol. The van der Waals surface area contributed by atoms with Crippen LogP contribution in [0, 0.1) is 0 Å². The molecule has 0 saturated heterocycles. The van der Waals surface area contributed by atoms with Crippen LogP contribution < -0.4 is 9.64 Å². The van der Waals surface area contributed by atoms with Crippen LogP contribution in [-0.2, 0) is 0 Å². The lowest BCUT2D eigenvalue weighted by Crippen LogP contribution is -2.15. The van der Waals surface area contributed by atoms with Gasteiger partial charge in [-0.3, -0.25) is 0 Å². The van der Waals surface area contributed by atoms with Crippen LogP contribution >= 0.6 is 11.3 Å². The van der Waals surface area contributed by atoms with Gasteiger partial charge in [-0.25, -0.2) is 0 Å². The second kappa shape index (κ2) is 7.38. The zero-order chi connectivity index (χ0) is 20.6. The molecule has 2 heterocycles. The van der Waals surface area contributed by atoms with Crippen molar-refractivity contribution >= 4 is 28.4 Å². The molecule has 0 N–H and O–H groups in total. The number of hydrogen-bond donors (Lipinski definition) is 0. The van der Waals surface area contributed by atoms with Gasteiger partial charge >= 0.3 is 0 Å². The Hall–Kier alpha value is -3.96. The van der Waals surface area contributed by atoms with Gasteiger partial charge in [-0.05, 0) is 48.5 Å². The Morgan fingerprint density at radius 1 is 0.548 bits per heavy atom. The Morgan fingerprint density at radius 2 is 1.06 bits per heavy atom. The predicted molar refractivity (Wildman–Crippen MR) is 126 cm³/mol. The van der Waals surface area contributed by atoms with Crippen LogP contribution in [0.15, 0.2) is 103 Å². The van der Waals surface area contributed by atoms with Crippen molar-refractivity contribution < 1.29 is 4.74 Å². The summed E-state index contributed by atoms with van der Waals surface area (Å²) in [5.74, 6) is 1.70. The summed E-state index contributed by atoms with van der Waals surface area (Å²) in [6.07, 6.45) is 0. The summed E-state index contributed by atoms with van der Waals surface area (Å²) < 4.78 is 6.11. The Morgan fingerprint density at radius 3 is 1.68 bits per heavy atom. The number of benzene rings is 4. The van der Waals surface area contributed by atoms with Crippen LogP contribution in [0.1, 0.15) is 0 Å². The second-order valence-electron chi connectivity index (χ2n) is 7.20. The van der Waals surface area contributed by atoms with Gasteiger partial charge in [0.15, 0.2) is 11.5 Å². The normalized spacial score (nSPS) is 12.1. The van der Waals surface area contributed by atoms with Gasteiger partial charge in [0.05, 0.1) is 11.4 Å². The van der Waals surface area contributed by atoms with E-state index in [0.29, 0.717) is 0 Å². The molecule has 0 bridgehead atoms. The molecular weight excluding hydrogens is 402 g/mol. The van der Waals surface area contributed by atoms with E-state index in [1.54, 1.807) is 11.3 Å². The Bertz CT molecular complexity index is 1320. The number of rotatable bonds is 3. The summed E-state index contributed by atoms with van der Waals surface area (Å²) >= 11 is 1.60. The van der Waals surface area contributed by atoms with Gasteiger partial charge in [-0.1, -0.05) is 65.9 Å². The summed E-state index contributed by atoms with van der Waals surface area (Å²) in [4.78, 5) is 2.23. The zero-order valence-electron chi connectivity index (χ0n) is 16.5. The van der Waals surface area contributed by atoms with Crippen LogP contribution in [0.3, 0.4) is 0 Å². The number of ether oxygens (including phenoxy) is 1.